The molecular weight excluding hydrogens is 150 g/mol. The Labute approximate surface area is 73.6 Å². The van der Waals surface area contributed by atoms with Crippen LogP contribution in [0.5, 0.6) is 0 Å². The third kappa shape index (κ3) is 1.37. The molecular formula is C9H17N3. The molecule has 0 bridgehead atoms. The Balaban J connectivity index is 3.28. The summed E-state index contributed by atoms with van der Waals surface area (Å²) in [5, 5.41) is 0. The lowest BCUT2D eigenvalue weighted by atomic mass is 10.0. The van der Waals surface area contributed by atoms with Crippen LogP contribution in [-0.2, 0) is 12.6 Å². The van der Waals surface area contributed by atoms with Gasteiger partial charge in [0.05, 0.1) is 11.2 Å². The summed E-state index contributed by atoms with van der Waals surface area (Å²) in [6, 6.07) is 0. The monoisotopic (exact) mass is 167 g/mol. The average Bonchev–Trinajstić information content (AvgIpc) is 2.15. The fraction of sp³-hybridized carbons (Fsp3) is 0.667. The highest BCUT2D eigenvalue weighted by atomic mass is 15.1. The molecule has 0 radical (unpaired) electrons. The van der Waals surface area contributed by atoms with Gasteiger partial charge in [0.2, 0.25) is 0 Å². The summed E-state index contributed by atoms with van der Waals surface area (Å²) in [6.07, 6.45) is 0. The molecule has 68 valence electrons. The maximum atomic E-state index is 5.96. The summed E-state index contributed by atoms with van der Waals surface area (Å²) in [6.45, 7) is 7.98. The van der Waals surface area contributed by atoms with E-state index in [2.05, 4.69) is 9.55 Å². The van der Waals surface area contributed by atoms with Crippen molar-refractivity contribution in [3.63, 3.8) is 0 Å². The Morgan fingerprint density at radius 3 is 2.00 bits per heavy atom. The van der Waals surface area contributed by atoms with Gasteiger partial charge >= 0.3 is 0 Å². The third-order valence-corrected chi connectivity index (χ3v) is 2.22. The largest absolute Gasteiger partial charge is 0.335 e. The zero-order valence-electron chi connectivity index (χ0n) is 8.47. The number of aromatic nitrogens is 2. The number of hydrogen-bond donors (Lipinski definition) is 1. The highest BCUT2D eigenvalue weighted by molar-refractivity contribution is 5.21. The number of rotatable bonds is 1. The van der Waals surface area contributed by atoms with Crippen LogP contribution in [0.3, 0.4) is 0 Å². The number of imidazole rings is 1. The minimum absolute atomic E-state index is 0.337. The van der Waals surface area contributed by atoms with Gasteiger partial charge in [-0.1, -0.05) is 0 Å². The van der Waals surface area contributed by atoms with Crippen LogP contribution >= 0.6 is 0 Å². The molecule has 0 atom stereocenters. The molecule has 1 aromatic rings. The fourth-order valence-electron chi connectivity index (χ4n) is 1.33. The van der Waals surface area contributed by atoms with Crippen LogP contribution in [0.2, 0.25) is 0 Å². The Kier molecular flexibility index (Phi) is 2.00. The molecule has 1 aromatic heterocycles. The first-order chi connectivity index (χ1) is 5.34. The summed E-state index contributed by atoms with van der Waals surface area (Å²) in [4.78, 5) is 4.42. The van der Waals surface area contributed by atoms with Crippen molar-refractivity contribution in [3.8, 4) is 0 Å². The minimum Gasteiger partial charge on any atom is -0.335 e. The molecule has 0 aromatic carbocycles. The quantitative estimate of drug-likeness (QED) is 0.683. The minimum atomic E-state index is -0.337. The van der Waals surface area contributed by atoms with Crippen molar-refractivity contribution < 1.29 is 0 Å². The summed E-state index contributed by atoms with van der Waals surface area (Å²) < 4.78 is 2.06. The van der Waals surface area contributed by atoms with Gasteiger partial charge in [-0.3, -0.25) is 0 Å². The number of aryl methyl sites for hydroxylation is 1. The molecule has 0 saturated heterocycles. The predicted molar refractivity (Wildman–Crippen MR) is 49.9 cm³/mol. The smallest absolute Gasteiger partial charge is 0.105 e. The van der Waals surface area contributed by atoms with Gasteiger partial charge in [0.1, 0.15) is 5.82 Å². The van der Waals surface area contributed by atoms with E-state index >= 15 is 0 Å². The van der Waals surface area contributed by atoms with E-state index in [0.717, 1.165) is 17.2 Å². The maximum Gasteiger partial charge on any atom is 0.105 e. The summed E-state index contributed by atoms with van der Waals surface area (Å²) >= 11 is 0. The van der Waals surface area contributed by atoms with Crippen molar-refractivity contribution in [1.29, 1.82) is 0 Å². The lowest BCUT2D eigenvalue weighted by molar-refractivity contribution is 0.532. The Morgan fingerprint density at radius 1 is 1.33 bits per heavy atom. The van der Waals surface area contributed by atoms with Crippen molar-refractivity contribution in [2.24, 2.45) is 12.8 Å². The van der Waals surface area contributed by atoms with Crippen molar-refractivity contribution in [2.45, 2.75) is 33.2 Å². The number of hydrogen-bond acceptors (Lipinski definition) is 2. The first-order valence-electron chi connectivity index (χ1n) is 4.13. The van der Waals surface area contributed by atoms with Crippen LogP contribution in [0.4, 0.5) is 0 Å². The van der Waals surface area contributed by atoms with Gasteiger partial charge in [-0.15, -0.1) is 0 Å². The average molecular weight is 167 g/mol. The first kappa shape index (κ1) is 9.26. The standard InChI is InChI=1S/C9H17N3/c1-6-8(9(3,4)10)11-7(2)12(6)5/h10H2,1-5H3. The van der Waals surface area contributed by atoms with Gasteiger partial charge in [-0.2, -0.15) is 0 Å². The van der Waals surface area contributed by atoms with E-state index < -0.39 is 0 Å². The molecule has 0 fully saturated rings. The molecule has 0 unspecified atom stereocenters. The molecule has 0 aliphatic carbocycles. The highest BCUT2D eigenvalue weighted by Gasteiger charge is 2.21. The molecule has 12 heavy (non-hydrogen) atoms. The van der Waals surface area contributed by atoms with Gasteiger partial charge in [-0.25, -0.2) is 4.98 Å². The van der Waals surface area contributed by atoms with Gasteiger partial charge in [0.25, 0.3) is 0 Å². The van der Waals surface area contributed by atoms with Crippen molar-refractivity contribution in [2.75, 3.05) is 0 Å². The SMILES string of the molecule is Cc1nc(C(C)(C)N)c(C)n1C. The Morgan fingerprint density at radius 2 is 1.83 bits per heavy atom. The topological polar surface area (TPSA) is 43.8 Å². The zero-order chi connectivity index (χ0) is 9.52. The molecule has 3 nitrogen and oxygen atoms in total. The van der Waals surface area contributed by atoms with Crippen LogP contribution in [0.1, 0.15) is 31.1 Å². The van der Waals surface area contributed by atoms with E-state index in [1.165, 1.54) is 0 Å². The number of nitrogens with two attached hydrogens (primary N) is 1. The van der Waals surface area contributed by atoms with Crippen LogP contribution in [-0.4, -0.2) is 9.55 Å². The van der Waals surface area contributed by atoms with Crippen LogP contribution in [0.15, 0.2) is 0 Å². The van der Waals surface area contributed by atoms with Gasteiger partial charge in [-0.05, 0) is 27.7 Å². The summed E-state index contributed by atoms with van der Waals surface area (Å²) in [5.41, 5.74) is 7.77. The van der Waals surface area contributed by atoms with E-state index in [4.69, 9.17) is 5.73 Å². The normalized spacial score (nSPS) is 12.2. The second-order valence-corrected chi connectivity index (χ2v) is 3.87. The van der Waals surface area contributed by atoms with Crippen LogP contribution in [0.25, 0.3) is 0 Å². The predicted octanol–water partition coefficient (Wildman–Crippen LogP) is 1.23. The Bertz CT molecular complexity index is 291. The fourth-order valence-corrected chi connectivity index (χ4v) is 1.33. The summed E-state index contributed by atoms with van der Waals surface area (Å²) in [5.74, 6) is 1.01. The molecule has 0 spiro atoms. The second-order valence-electron chi connectivity index (χ2n) is 3.87. The van der Waals surface area contributed by atoms with Crippen LogP contribution < -0.4 is 5.73 Å². The van der Waals surface area contributed by atoms with Crippen molar-refractivity contribution >= 4 is 0 Å². The van der Waals surface area contributed by atoms with Gasteiger partial charge in [0.15, 0.2) is 0 Å². The molecule has 1 heterocycles. The molecule has 0 amide bonds. The second kappa shape index (κ2) is 2.59. The summed E-state index contributed by atoms with van der Waals surface area (Å²) in [7, 11) is 2.01. The zero-order valence-corrected chi connectivity index (χ0v) is 8.47. The molecule has 0 saturated carbocycles. The maximum absolute atomic E-state index is 5.96. The van der Waals surface area contributed by atoms with Crippen LogP contribution in [0, 0.1) is 13.8 Å². The molecule has 0 aliphatic heterocycles. The van der Waals surface area contributed by atoms with Gasteiger partial charge < -0.3 is 10.3 Å². The molecule has 0 aliphatic rings. The van der Waals surface area contributed by atoms with Crippen molar-refractivity contribution in [3.05, 3.63) is 17.2 Å². The lowest BCUT2D eigenvalue weighted by Gasteiger charge is -2.16. The third-order valence-electron chi connectivity index (χ3n) is 2.22. The van der Waals surface area contributed by atoms with E-state index in [1.807, 2.05) is 34.7 Å². The molecule has 2 N–H and O–H groups in total. The van der Waals surface area contributed by atoms with Crippen molar-refractivity contribution in [1.82, 2.24) is 9.55 Å². The van der Waals surface area contributed by atoms with E-state index in [-0.39, 0.29) is 5.54 Å². The van der Waals surface area contributed by atoms with Gasteiger partial charge in [0, 0.05) is 12.7 Å². The molecule has 1 rings (SSSR count). The van der Waals surface area contributed by atoms with E-state index in [9.17, 15) is 0 Å². The van der Waals surface area contributed by atoms with E-state index in [0.29, 0.717) is 0 Å². The number of nitrogens with zero attached hydrogens (tertiary/aromatic N) is 2. The first-order valence-corrected chi connectivity index (χ1v) is 4.13. The Hall–Kier alpha value is -0.830. The molecule has 3 heteroatoms. The highest BCUT2D eigenvalue weighted by Crippen LogP contribution is 2.19. The van der Waals surface area contributed by atoms with E-state index in [1.54, 1.807) is 0 Å². The lowest BCUT2D eigenvalue weighted by Crippen LogP contribution is -2.30.